The summed E-state index contributed by atoms with van der Waals surface area (Å²) in [6, 6.07) is 10.1. The molecule has 0 bridgehead atoms. The van der Waals surface area contributed by atoms with Crippen molar-refractivity contribution in [2.24, 2.45) is 0 Å². The highest BCUT2D eigenvalue weighted by Gasteiger charge is 2.44. The van der Waals surface area contributed by atoms with Crippen molar-refractivity contribution in [2.45, 2.75) is 37.1 Å². The fourth-order valence-electron chi connectivity index (χ4n) is 3.60. The maximum Gasteiger partial charge on any atom is 0.271 e. The van der Waals surface area contributed by atoms with Gasteiger partial charge < -0.3 is 10.6 Å². The van der Waals surface area contributed by atoms with Crippen molar-refractivity contribution in [3.63, 3.8) is 0 Å². The number of piperidine rings is 1. The molecule has 1 aromatic carbocycles. The fourth-order valence-corrected chi connectivity index (χ4v) is 3.79. The number of hydrogen-bond acceptors (Lipinski definition) is 3. The van der Waals surface area contributed by atoms with Crippen LogP contribution in [0.4, 0.5) is 0 Å². The SMILES string of the molecule is O=C(NCC1(c2cccc(Cl)c2)CC1)c1ccn(C2CCCNC2)n1. The molecule has 132 valence electrons. The highest BCUT2D eigenvalue weighted by Crippen LogP contribution is 2.48. The first-order valence-electron chi connectivity index (χ1n) is 8.96. The highest BCUT2D eigenvalue weighted by molar-refractivity contribution is 6.30. The maximum absolute atomic E-state index is 12.5. The summed E-state index contributed by atoms with van der Waals surface area (Å²) in [5, 5.41) is 11.7. The molecule has 1 atom stereocenters. The molecule has 5 nitrogen and oxygen atoms in total. The second-order valence-corrected chi connectivity index (χ2v) is 7.59. The van der Waals surface area contributed by atoms with E-state index >= 15 is 0 Å². The van der Waals surface area contributed by atoms with Crippen LogP contribution < -0.4 is 10.6 Å². The third-order valence-corrected chi connectivity index (χ3v) is 5.60. The van der Waals surface area contributed by atoms with Gasteiger partial charge >= 0.3 is 0 Å². The zero-order valence-electron chi connectivity index (χ0n) is 14.2. The molecular weight excluding hydrogens is 336 g/mol. The van der Waals surface area contributed by atoms with Gasteiger partial charge in [-0.15, -0.1) is 0 Å². The number of aromatic nitrogens is 2. The van der Waals surface area contributed by atoms with Crippen LogP contribution >= 0.6 is 11.6 Å². The molecule has 2 aromatic rings. The third kappa shape index (κ3) is 3.58. The lowest BCUT2D eigenvalue weighted by Crippen LogP contribution is -2.33. The van der Waals surface area contributed by atoms with E-state index in [1.807, 2.05) is 35.1 Å². The summed E-state index contributed by atoms with van der Waals surface area (Å²) in [6.45, 7) is 2.61. The van der Waals surface area contributed by atoms with E-state index in [0.717, 1.165) is 43.8 Å². The second-order valence-electron chi connectivity index (χ2n) is 7.15. The summed E-state index contributed by atoms with van der Waals surface area (Å²) in [5.41, 5.74) is 1.74. The van der Waals surface area contributed by atoms with Crippen LogP contribution in [0.5, 0.6) is 0 Å². The Balaban J connectivity index is 1.38. The summed E-state index contributed by atoms with van der Waals surface area (Å²) >= 11 is 6.11. The van der Waals surface area contributed by atoms with Gasteiger partial charge in [0.15, 0.2) is 0 Å². The van der Waals surface area contributed by atoms with E-state index in [2.05, 4.69) is 21.8 Å². The average Bonchev–Trinajstić information content (AvgIpc) is 3.27. The van der Waals surface area contributed by atoms with Crippen LogP contribution in [-0.4, -0.2) is 35.3 Å². The minimum absolute atomic E-state index is 0.0381. The van der Waals surface area contributed by atoms with E-state index in [4.69, 9.17) is 11.6 Å². The number of benzene rings is 1. The van der Waals surface area contributed by atoms with Gasteiger partial charge in [-0.25, -0.2) is 0 Å². The standard InChI is InChI=1S/C19H23ClN4O/c20-15-4-1-3-14(11-15)19(7-8-19)13-22-18(25)17-6-10-24(23-17)16-5-2-9-21-12-16/h1,3-4,6,10-11,16,21H,2,5,7-9,12-13H2,(H,22,25). The lowest BCUT2D eigenvalue weighted by atomic mass is 9.96. The molecule has 1 aliphatic heterocycles. The van der Waals surface area contributed by atoms with Crippen molar-refractivity contribution in [3.05, 3.63) is 52.8 Å². The Bertz CT molecular complexity index is 762. The Kier molecular flexibility index (Phi) is 4.52. The summed E-state index contributed by atoms with van der Waals surface area (Å²) < 4.78 is 1.92. The van der Waals surface area contributed by atoms with Crippen LogP contribution in [0.2, 0.25) is 5.02 Å². The van der Waals surface area contributed by atoms with Crippen molar-refractivity contribution in [3.8, 4) is 0 Å². The van der Waals surface area contributed by atoms with Crippen LogP contribution in [0.3, 0.4) is 0 Å². The molecule has 25 heavy (non-hydrogen) atoms. The van der Waals surface area contributed by atoms with E-state index in [-0.39, 0.29) is 11.3 Å². The van der Waals surface area contributed by atoms with Crippen molar-refractivity contribution < 1.29 is 4.79 Å². The predicted molar refractivity (Wildman–Crippen MR) is 98.1 cm³/mol. The second kappa shape index (κ2) is 6.81. The Morgan fingerprint density at radius 3 is 3.00 bits per heavy atom. The molecule has 2 heterocycles. The number of carbonyl (C=O) groups excluding carboxylic acids is 1. The van der Waals surface area contributed by atoms with Gasteiger partial charge in [-0.2, -0.15) is 5.10 Å². The number of hydrogen-bond donors (Lipinski definition) is 2. The topological polar surface area (TPSA) is 59.0 Å². The quantitative estimate of drug-likeness (QED) is 0.864. The fraction of sp³-hybridized carbons (Fsp3) is 0.474. The summed E-state index contributed by atoms with van der Waals surface area (Å²) in [7, 11) is 0. The number of carbonyl (C=O) groups is 1. The number of halogens is 1. The molecule has 1 saturated carbocycles. The molecule has 2 N–H and O–H groups in total. The monoisotopic (exact) mass is 358 g/mol. The maximum atomic E-state index is 12.5. The first-order valence-corrected chi connectivity index (χ1v) is 9.34. The Labute approximate surface area is 152 Å². The summed E-state index contributed by atoms with van der Waals surface area (Å²) in [6.07, 6.45) is 6.32. The zero-order valence-corrected chi connectivity index (χ0v) is 14.9. The van der Waals surface area contributed by atoms with E-state index in [1.165, 1.54) is 5.56 Å². The molecule has 1 unspecified atom stereocenters. The molecule has 1 aromatic heterocycles. The van der Waals surface area contributed by atoms with E-state index in [0.29, 0.717) is 18.3 Å². The highest BCUT2D eigenvalue weighted by atomic mass is 35.5. The van der Waals surface area contributed by atoms with Crippen molar-refractivity contribution >= 4 is 17.5 Å². The van der Waals surface area contributed by atoms with Gasteiger partial charge in [-0.3, -0.25) is 9.48 Å². The third-order valence-electron chi connectivity index (χ3n) is 5.36. The van der Waals surface area contributed by atoms with Crippen molar-refractivity contribution in [1.82, 2.24) is 20.4 Å². The minimum atomic E-state index is -0.101. The van der Waals surface area contributed by atoms with Gasteiger partial charge in [0.2, 0.25) is 0 Å². The van der Waals surface area contributed by atoms with Gasteiger partial charge in [-0.1, -0.05) is 23.7 Å². The number of nitrogens with zero attached hydrogens (tertiary/aromatic N) is 2. The Morgan fingerprint density at radius 2 is 2.28 bits per heavy atom. The largest absolute Gasteiger partial charge is 0.350 e. The van der Waals surface area contributed by atoms with Crippen LogP contribution in [0.15, 0.2) is 36.5 Å². The molecule has 0 spiro atoms. The van der Waals surface area contributed by atoms with E-state index in [9.17, 15) is 4.79 Å². The molecule has 2 aliphatic rings. The Hall–Kier alpha value is -1.85. The van der Waals surface area contributed by atoms with Gasteiger partial charge in [0.25, 0.3) is 5.91 Å². The number of nitrogens with one attached hydrogen (secondary N) is 2. The normalized spacial score (nSPS) is 21.7. The zero-order chi connectivity index (χ0) is 17.3. The lowest BCUT2D eigenvalue weighted by molar-refractivity contribution is 0.0943. The van der Waals surface area contributed by atoms with Crippen LogP contribution in [0.25, 0.3) is 0 Å². The average molecular weight is 359 g/mol. The van der Waals surface area contributed by atoms with Crippen LogP contribution in [0.1, 0.15) is 47.8 Å². The van der Waals surface area contributed by atoms with Crippen LogP contribution in [0, 0.1) is 0 Å². The van der Waals surface area contributed by atoms with Crippen molar-refractivity contribution in [1.29, 1.82) is 0 Å². The number of rotatable bonds is 5. The van der Waals surface area contributed by atoms with Gasteiger partial charge in [-0.05, 0) is 56.0 Å². The van der Waals surface area contributed by atoms with Crippen molar-refractivity contribution in [2.75, 3.05) is 19.6 Å². The molecule has 4 rings (SSSR count). The number of amides is 1. The molecule has 0 radical (unpaired) electrons. The lowest BCUT2D eigenvalue weighted by Gasteiger charge is -2.22. The van der Waals surface area contributed by atoms with Gasteiger partial charge in [0.1, 0.15) is 5.69 Å². The first kappa shape index (κ1) is 16.6. The van der Waals surface area contributed by atoms with E-state index < -0.39 is 0 Å². The molecule has 1 saturated heterocycles. The predicted octanol–water partition coefficient (Wildman–Crippen LogP) is 2.92. The molecular formula is C19H23ClN4O. The van der Waals surface area contributed by atoms with E-state index in [1.54, 1.807) is 0 Å². The summed E-state index contributed by atoms with van der Waals surface area (Å²) in [5.74, 6) is -0.101. The molecule has 1 amide bonds. The molecule has 6 heteroatoms. The van der Waals surface area contributed by atoms with Crippen LogP contribution in [-0.2, 0) is 5.41 Å². The summed E-state index contributed by atoms with van der Waals surface area (Å²) in [4.78, 5) is 12.5. The van der Waals surface area contributed by atoms with Gasteiger partial charge in [0, 0.05) is 29.7 Å². The first-order chi connectivity index (χ1) is 12.2. The smallest absolute Gasteiger partial charge is 0.271 e. The molecule has 2 fully saturated rings. The Morgan fingerprint density at radius 1 is 1.40 bits per heavy atom. The van der Waals surface area contributed by atoms with Gasteiger partial charge in [0.05, 0.1) is 6.04 Å². The minimum Gasteiger partial charge on any atom is -0.350 e. The molecule has 1 aliphatic carbocycles.